The summed E-state index contributed by atoms with van der Waals surface area (Å²) in [6.07, 6.45) is 6.72. The first kappa shape index (κ1) is 50.4. The van der Waals surface area contributed by atoms with Gasteiger partial charge in [0.15, 0.2) is 6.29 Å². The van der Waals surface area contributed by atoms with Gasteiger partial charge in [0.2, 0.25) is 23.6 Å². The summed E-state index contributed by atoms with van der Waals surface area (Å²) >= 11 is 0. The molecule has 16 heteroatoms. The zero-order valence-electron chi connectivity index (χ0n) is 38.7. The van der Waals surface area contributed by atoms with E-state index in [9.17, 15) is 39.0 Å². The molecule has 4 amide bonds. The van der Waals surface area contributed by atoms with Crippen LogP contribution < -0.4 is 21.7 Å². The molecule has 4 fully saturated rings. The van der Waals surface area contributed by atoms with Gasteiger partial charge in [-0.05, 0) is 118 Å². The first-order valence-corrected chi connectivity index (χ1v) is 23.5. The van der Waals surface area contributed by atoms with Crippen molar-refractivity contribution in [2.75, 3.05) is 6.61 Å². The largest absolute Gasteiger partial charge is 0.481 e. The van der Waals surface area contributed by atoms with Crippen LogP contribution in [0.5, 0.6) is 0 Å². The van der Waals surface area contributed by atoms with Crippen LogP contribution in [-0.2, 0) is 43.0 Å². The normalized spacial score (nSPS) is 35.6. The zero-order chi connectivity index (χ0) is 46.6. The topological polar surface area (TPSA) is 253 Å². The lowest BCUT2D eigenvalue weighted by molar-refractivity contribution is -0.268. The van der Waals surface area contributed by atoms with Crippen molar-refractivity contribution in [3.63, 3.8) is 0 Å². The van der Waals surface area contributed by atoms with Gasteiger partial charge in [-0.2, -0.15) is 0 Å². The molecular weight excluding hydrogens is 813 g/mol. The number of hydrogen-bond donors (Lipinski definition) is 7. The number of carbonyl (C=O) groups is 6. The van der Waals surface area contributed by atoms with Gasteiger partial charge in [-0.15, -0.1) is 0 Å². The van der Waals surface area contributed by atoms with Crippen LogP contribution in [0.15, 0.2) is 11.6 Å². The Morgan fingerprint density at radius 1 is 0.921 bits per heavy atom. The second-order valence-corrected chi connectivity index (χ2v) is 20.5. The SMILES string of the molecule is CC(=O)NC1C(O)OC(COC(=O)C2CCC3(C)C(=CCC4C3CCC3(C)C(C(C)CCCC(C)C)CCC43)C2)C(O)C1OC(C)C(=O)NC(C)C(=O)NC(CCC(=O)O)C(N)=O. The van der Waals surface area contributed by atoms with Crippen LogP contribution in [-0.4, -0.2) is 106 Å². The molecule has 63 heavy (non-hydrogen) atoms. The quantitative estimate of drug-likeness (QED) is 0.0721. The Bertz CT molecular complexity index is 1710. The van der Waals surface area contributed by atoms with E-state index >= 15 is 0 Å². The first-order chi connectivity index (χ1) is 29.6. The van der Waals surface area contributed by atoms with Crippen LogP contribution in [0.4, 0.5) is 0 Å². The van der Waals surface area contributed by atoms with Crippen LogP contribution in [0, 0.1) is 52.3 Å². The van der Waals surface area contributed by atoms with Gasteiger partial charge >= 0.3 is 11.9 Å². The van der Waals surface area contributed by atoms with Gasteiger partial charge in [0, 0.05) is 13.3 Å². The van der Waals surface area contributed by atoms with Gasteiger partial charge in [0.1, 0.15) is 49.1 Å². The number of primary amides is 1. The Labute approximate surface area is 372 Å². The maximum atomic E-state index is 13.7. The standard InChI is InChI=1S/C47H76N4O12/c1-24(2)10-9-11-25(3)32-14-15-33-31-13-12-30-22-29(18-20-46(30,7)34(31)19-21-47(32,33)8)44(59)61-23-36-39(55)40(38(45(60)63-36)50-28(6)52)62-27(5)43(58)49-26(4)42(57)51-35(41(48)56)16-17-37(53)54/h12,24-27,29,31-36,38-40,45,55,60H,9-11,13-23H2,1-8H3,(H2,48,56)(H,49,58)(H,50,52)(H,51,57)(H,53,54). The van der Waals surface area contributed by atoms with Crippen LogP contribution in [0.2, 0.25) is 0 Å². The van der Waals surface area contributed by atoms with E-state index in [1.807, 2.05) is 0 Å². The van der Waals surface area contributed by atoms with Gasteiger partial charge in [0.05, 0.1) is 5.92 Å². The molecule has 4 aliphatic carbocycles. The van der Waals surface area contributed by atoms with Gasteiger partial charge in [-0.3, -0.25) is 28.8 Å². The molecule has 3 saturated carbocycles. The minimum absolute atomic E-state index is 0.0382. The van der Waals surface area contributed by atoms with E-state index in [1.54, 1.807) is 0 Å². The zero-order valence-corrected chi connectivity index (χ0v) is 38.7. The molecule has 16 nitrogen and oxygen atoms in total. The number of carboxylic acid groups (broad SMARTS) is 1. The first-order valence-electron chi connectivity index (χ1n) is 23.5. The Morgan fingerprint density at radius 2 is 1.63 bits per heavy atom. The summed E-state index contributed by atoms with van der Waals surface area (Å²) in [5.74, 6) is -0.862. The molecular formula is C47H76N4O12. The van der Waals surface area contributed by atoms with E-state index in [2.05, 4.69) is 56.6 Å². The monoisotopic (exact) mass is 889 g/mol. The Balaban J connectivity index is 1.17. The number of carboxylic acids is 1. The number of amides is 4. The van der Waals surface area contributed by atoms with Gasteiger partial charge in [-0.25, -0.2) is 0 Å². The number of aliphatic carboxylic acids is 1. The van der Waals surface area contributed by atoms with Crippen molar-refractivity contribution < 1.29 is 58.3 Å². The fourth-order valence-electron chi connectivity index (χ4n) is 12.3. The lowest BCUT2D eigenvalue weighted by Gasteiger charge is -2.58. The van der Waals surface area contributed by atoms with E-state index in [0.717, 1.165) is 36.5 Å². The Kier molecular flexibility index (Phi) is 16.9. The van der Waals surface area contributed by atoms with Gasteiger partial charge in [0.25, 0.3) is 0 Å². The third-order valence-electron chi connectivity index (χ3n) is 15.9. The summed E-state index contributed by atoms with van der Waals surface area (Å²) in [7, 11) is 0. The molecule has 0 bridgehead atoms. The number of carbonyl (C=O) groups excluding carboxylic acids is 5. The average molecular weight is 889 g/mol. The summed E-state index contributed by atoms with van der Waals surface area (Å²) in [5, 5.41) is 38.7. The number of esters is 1. The predicted octanol–water partition coefficient (Wildman–Crippen LogP) is 3.88. The van der Waals surface area contributed by atoms with E-state index in [-0.39, 0.29) is 17.8 Å². The van der Waals surface area contributed by atoms with Crippen LogP contribution in [0.3, 0.4) is 0 Å². The molecule has 5 rings (SSSR count). The average Bonchev–Trinajstić information content (AvgIpc) is 3.57. The Morgan fingerprint density at radius 3 is 2.29 bits per heavy atom. The maximum Gasteiger partial charge on any atom is 0.309 e. The molecule has 8 N–H and O–H groups in total. The number of allylic oxidation sites excluding steroid dienone is 2. The summed E-state index contributed by atoms with van der Waals surface area (Å²) in [6, 6.07) is -3.83. The number of ether oxygens (including phenoxy) is 3. The third-order valence-corrected chi connectivity index (χ3v) is 15.9. The van der Waals surface area contributed by atoms with Crippen molar-refractivity contribution >= 4 is 35.6 Å². The fourth-order valence-corrected chi connectivity index (χ4v) is 12.3. The van der Waals surface area contributed by atoms with Crippen molar-refractivity contribution in [1.82, 2.24) is 16.0 Å². The molecule has 0 aromatic carbocycles. The molecule has 0 aromatic heterocycles. The van der Waals surface area contributed by atoms with Crippen molar-refractivity contribution in [1.29, 1.82) is 0 Å². The number of nitrogens with two attached hydrogens (primary N) is 1. The molecule has 5 aliphatic rings. The van der Waals surface area contributed by atoms with Crippen LogP contribution in [0.25, 0.3) is 0 Å². The van der Waals surface area contributed by atoms with E-state index in [1.165, 1.54) is 71.3 Å². The highest BCUT2D eigenvalue weighted by Gasteiger charge is 2.59. The van der Waals surface area contributed by atoms with Crippen molar-refractivity contribution in [2.45, 2.75) is 188 Å². The minimum Gasteiger partial charge on any atom is -0.481 e. The third kappa shape index (κ3) is 11.6. The van der Waals surface area contributed by atoms with E-state index in [0.29, 0.717) is 30.1 Å². The summed E-state index contributed by atoms with van der Waals surface area (Å²) < 4.78 is 17.4. The molecule has 1 saturated heterocycles. The molecule has 16 atom stereocenters. The van der Waals surface area contributed by atoms with Crippen molar-refractivity contribution in [3.05, 3.63) is 11.6 Å². The highest BCUT2D eigenvalue weighted by Crippen LogP contribution is 2.67. The summed E-state index contributed by atoms with van der Waals surface area (Å²) in [5.41, 5.74) is 7.08. The minimum atomic E-state index is -1.71. The highest BCUT2D eigenvalue weighted by atomic mass is 16.6. The van der Waals surface area contributed by atoms with Crippen molar-refractivity contribution in [2.24, 2.45) is 58.0 Å². The smallest absolute Gasteiger partial charge is 0.309 e. The molecule has 1 aliphatic heterocycles. The van der Waals surface area contributed by atoms with Crippen LogP contribution in [0.1, 0.15) is 139 Å². The fraction of sp³-hybridized carbons (Fsp3) is 0.830. The van der Waals surface area contributed by atoms with E-state index < -0.39 is 97.4 Å². The van der Waals surface area contributed by atoms with Gasteiger partial charge in [-0.1, -0.05) is 65.5 Å². The lowest BCUT2D eigenvalue weighted by atomic mass is 9.46. The molecule has 1 heterocycles. The lowest BCUT2D eigenvalue weighted by Crippen LogP contribution is -2.66. The second kappa shape index (κ2) is 21.1. The number of nitrogens with one attached hydrogen (secondary N) is 3. The summed E-state index contributed by atoms with van der Waals surface area (Å²) in [4.78, 5) is 74.5. The molecule has 0 aromatic rings. The molecule has 356 valence electrons. The van der Waals surface area contributed by atoms with Crippen LogP contribution >= 0.6 is 0 Å². The van der Waals surface area contributed by atoms with E-state index in [4.69, 9.17) is 25.1 Å². The maximum absolute atomic E-state index is 13.7. The number of fused-ring (bicyclic) bond motifs is 5. The summed E-state index contributed by atoms with van der Waals surface area (Å²) in [6.45, 7) is 15.6. The number of aliphatic hydroxyl groups excluding tert-OH is 2. The Hall–Kier alpha value is -3.60. The number of aliphatic hydroxyl groups is 2. The predicted molar refractivity (Wildman–Crippen MR) is 232 cm³/mol. The number of rotatable bonds is 19. The highest BCUT2D eigenvalue weighted by molar-refractivity contribution is 5.92. The number of hydrogen-bond acceptors (Lipinski definition) is 11. The van der Waals surface area contributed by atoms with Crippen molar-refractivity contribution in [3.8, 4) is 0 Å². The van der Waals surface area contributed by atoms with Gasteiger partial charge < -0.3 is 51.2 Å². The molecule has 16 unspecified atom stereocenters. The second-order valence-electron chi connectivity index (χ2n) is 20.5. The molecule has 0 spiro atoms. The molecule has 0 radical (unpaired) electrons.